The van der Waals surface area contributed by atoms with Crippen molar-refractivity contribution in [2.45, 2.75) is 89.6 Å². The molecule has 0 heterocycles. The van der Waals surface area contributed by atoms with E-state index in [0.29, 0.717) is 13.0 Å². The summed E-state index contributed by atoms with van der Waals surface area (Å²) in [5, 5.41) is 17.8. The van der Waals surface area contributed by atoms with E-state index in [1.165, 1.54) is 70.3 Å². The second kappa shape index (κ2) is 19.0. The third-order valence-electron chi connectivity index (χ3n) is 3.89. The highest BCUT2D eigenvalue weighted by Gasteiger charge is 1.93. The number of aliphatic hydroxyl groups is 2. The second-order valence-corrected chi connectivity index (χ2v) is 6.08. The quantitative estimate of drug-likeness (QED) is 0.249. The van der Waals surface area contributed by atoms with Gasteiger partial charge in [0.1, 0.15) is 6.10 Å². The van der Waals surface area contributed by atoms with Crippen molar-refractivity contribution < 1.29 is 10.2 Å². The van der Waals surface area contributed by atoms with E-state index in [1.807, 2.05) is 0 Å². The fourth-order valence-corrected chi connectivity index (χ4v) is 2.45. The first-order valence-electron chi connectivity index (χ1n) is 9.36. The third-order valence-corrected chi connectivity index (χ3v) is 3.89. The van der Waals surface area contributed by atoms with Crippen LogP contribution in [0.1, 0.15) is 83.5 Å². The Labute approximate surface area is 143 Å². The smallest absolute Gasteiger partial charge is 0.133 e. The van der Waals surface area contributed by atoms with Gasteiger partial charge in [-0.15, -0.1) is 0 Å². The molecule has 0 rings (SSSR count). The fraction of sp³-hybridized carbons (Fsp3) is 0.714. The predicted octanol–water partition coefficient (Wildman–Crippen LogP) is 5.16. The van der Waals surface area contributed by atoms with Crippen LogP contribution in [0.4, 0.5) is 0 Å². The zero-order valence-electron chi connectivity index (χ0n) is 14.8. The molecular formula is C21H36O2. The van der Waals surface area contributed by atoms with Gasteiger partial charge in [0.25, 0.3) is 0 Å². The molecule has 132 valence electrons. The van der Waals surface area contributed by atoms with Crippen LogP contribution in [0.15, 0.2) is 24.8 Å². The van der Waals surface area contributed by atoms with E-state index in [0.717, 1.165) is 12.8 Å². The highest BCUT2D eigenvalue weighted by Crippen LogP contribution is 2.12. The maximum absolute atomic E-state index is 9.16. The number of hydrogen-bond acceptors (Lipinski definition) is 2. The average Bonchev–Trinajstić information content (AvgIpc) is 2.57. The molecule has 0 fully saturated rings. The van der Waals surface area contributed by atoms with Gasteiger partial charge in [-0.3, -0.25) is 0 Å². The van der Waals surface area contributed by atoms with Crippen LogP contribution in [0, 0.1) is 11.8 Å². The summed E-state index contributed by atoms with van der Waals surface area (Å²) in [6, 6.07) is 0. The summed E-state index contributed by atoms with van der Waals surface area (Å²) >= 11 is 0. The van der Waals surface area contributed by atoms with Crippen molar-refractivity contribution in [2.24, 2.45) is 0 Å². The normalized spacial score (nSPS) is 12.1. The van der Waals surface area contributed by atoms with Crippen LogP contribution >= 0.6 is 0 Å². The van der Waals surface area contributed by atoms with Gasteiger partial charge in [0.2, 0.25) is 0 Å². The van der Waals surface area contributed by atoms with Gasteiger partial charge < -0.3 is 10.2 Å². The topological polar surface area (TPSA) is 40.5 Å². The Hall–Kier alpha value is -1.04. The van der Waals surface area contributed by atoms with Crippen LogP contribution in [0.25, 0.3) is 0 Å². The lowest BCUT2D eigenvalue weighted by Gasteiger charge is -2.02. The maximum Gasteiger partial charge on any atom is 0.133 e. The molecule has 2 N–H and O–H groups in total. The zero-order chi connectivity index (χ0) is 17.0. The number of aliphatic hydroxyl groups excluding tert-OH is 2. The summed E-state index contributed by atoms with van der Waals surface area (Å²) in [5.41, 5.74) is 0. The zero-order valence-corrected chi connectivity index (χ0v) is 14.8. The largest absolute Gasteiger partial charge is 0.396 e. The van der Waals surface area contributed by atoms with E-state index in [4.69, 9.17) is 10.2 Å². The van der Waals surface area contributed by atoms with Crippen LogP contribution in [0.3, 0.4) is 0 Å². The number of unbranched alkanes of at least 4 members (excludes halogenated alkanes) is 11. The molecule has 0 aliphatic carbocycles. The maximum atomic E-state index is 9.16. The van der Waals surface area contributed by atoms with E-state index in [1.54, 1.807) is 0 Å². The molecule has 0 saturated carbocycles. The van der Waals surface area contributed by atoms with Gasteiger partial charge >= 0.3 is 0 Å². The molecule has 0 aromatic carbocycles. The summed E-state index contributed by atoms with van der Waals surface area (Å²) in [7, 11) is 0. The third kappa shape index (κ3) is 18.9. The molecule has 0 aliphatic heterocycles. The van der Waals surface area contributed by atoms with Crippen molar-refractivity contribution in [3.63, 3.8) is 0 Å². The molecule has 0 bridgehead atoms. The molecule has 2 nitrogen and oxygen atoms in total. The molecule has 0 radical (unpaired) electrons. The second-order valence-electron chi connectivity index (χ2n) is 6.08. The Morgan fingerprint density at radius 2 is 1.30 bits per heavy atom. The van der Waals surface area contributed by atoms with Gasteiger partial charge in [-0.05, 0) is 19.3 Å². The molecule has 1 atom stereocenters. The Kier molecular flexibility index (Phi) is 18.1. The number of hydrogen-bond donors (Lipinski definition) is 2. The molecule has 0 saturated heterocycles. The summed E-state index contributed by atoms with van der Waals surface area (Å²) < 4.78 is 0. The van der Waals surface area contributed by atoms with E-state index >= 15 is 0 Å². The molecule has 0 amide bonds. The average molecular weight is 321 g/mol. The first-order chi connectivity index (χ1) is 11.3. The van der Waals surface area contributed by atoms with Crippen LogP contribution in [-0.2, 0) is 0 Å². The van der Waals surface area contributed by atoms with Gasteiger partial charge in [-0.2, -0.15) is 0 Å². The van der Waals surface area contributed by atoms with Crippen molar-refractivity contribution in [3.8, 4) is 11.8 Å². The first kappa shape index (κ1) is 22.0. The van der Waals surface area contributed by atoms with Gasteiger partial charge in [0.05, 0.1) is 0 Å². The van der Waals surface area contributed by atoms with Crippen molar-refractivity contribution in [1.82, 2.24) is 0 Å². The minimum absolute atomic E-state index is 0.348. The van der Waals surface area contributed by atoms with Crippen molar-refractivity contribution in [1.29, 1.82) is 0 Å². The van der Waals surface area contributed by atoms with Crippen LogP contribution in [-0.4, -0.2) is 22.9 Å². The van der Waals surface area contributed by atoms with E-state index in [9.17, 15) is 0 Å². The lowest BCUT2D eigenvalue weighted by atomic mass is 10.1. The molecule has 0 aliphatic rings. The number of allylic oxidation sites excluding steroid dienone is 2. The van der Waals surface area contributed by atoms with E-state index in [-0.39, 0.29) is 0 Å². The van der Waals surface area contributed by atoms with Crippen molar-refractivity contribution in [2.75, 3.05) is 6.61 Å². The van der Waals surface area contributed by atoms with Crippen molar-refractivity contribution >= 4 is 0 Å². The van der Waals surface area contributed by atoms with E-state index < -0.39 is 6.10 Å². The molecular weight excluding hydrogens is 284 g/mol. The van der Waals surface area contributed by atoms with E-state index in [2.05, 4.69) is 30.6 Å². The highest BCUT2D eigenvalue weighted by atomic mass is 16.3. The Bertz CT molecular complexity index is 335. The molecule has 2 heteroatoms. The molecule has 23 heavy (non-hydrogen) atoms. The summed E-state index contributed by atoms with van der Waals surface area (Å²) in [4.78, 5) is 0. The molecule has 0 unspecified atom stereocenters. The first-order valence-corrected chi connectivity index (χ1v) is 9.36. The Balaban J connectivity index is 3.18. The van der Waals surface area contributed by atoms with Crippen molar-refractivity contribution in [3.05, 3.63) is 24.8 Å². The van der Waals surface area contributed by atoms with Gasteiger partial charge in [-0.1, -0.05) is 94.4 Å². The van der Waals surface area contributed by atoms with Gasteiger partial charge in [0.15, 0.2) is 0 Å². The predicted molar refractivity (Wildman–Crippen MR) is 100 cm³/mol. The SMILES string of the molecule is C=C[C@H](O)C#CC/C=C/CCCCCCCCCCCCCO. The summed E-state index contributed by atoms with van der Waals surface area (Å²) in [6.45, 7) is 3.83. The lowest BCUT2D eigenvalue weighted by molar-refractivity contribution is 0.281. The summed E-state index contributed by atoms with van der Waals surface area (Å²) in [6.07, 6.45) is 21.0. The highest BCUT2D eigenvalue weighted by molar-refractivity contribution is 5.12. The van der Waals surface area contributed by atoms with Crippen LogP contribution in [0.2, 0.25) is 0 Å². The monoisotopic (exact) mass is 320 g/mol. The lowest BCUT2D eigenvalue weighted by Crippen LogP contribution is -1.94. The van der Waals surface area contributed by atoms with Crippen LogP contribution < -0.4 is 0 Å². The number of rotatable bonds is 15. The Morgan fingerprint density at radius 1 is 0.783 bits per heavy atom. The standard InChI is InChI=1S/C21H36O2/c1-2-21(23)19-17-15-13-11-9-7-5-3-4-6-8-10-12-14-16-18-20-22/h2,11,13,21-23H,1,3-10,12,14-16,18,20H2/b13-11+/t21-/m0/s1. The van der Waals surface area contributed by atoms with Gasteiger partial charge in [0, 0.05) is 13.0 Å². The van der Waals surface area contributed by atoms with Crippen LogP contribution in [0.5, 0.6) is 0 Å². The minimum Gasteiger partial charge on any atom is -0.396 e. The molecule has 0 aromatic heterocycles. The molecule has 0 spiro atoms. The summed E-state index contributed by atoms with van der Waals surface area (Å²) in [5.74, 6) is 5.62. The minimum atomic E-state index is -0.691. The Morgan fingerprint density at radius 3 is 1.83 bits per heavy atom. The molecule has 0 aromatic rings. The fourth-order valence-electron chi connectivity index (χ4n) is 2.45. The van der Waals surface area contributed by atoms with Gasteiger partial charge in [-0.25, -0.2) is 0 Å².